The van der Waals surface area contributed by atoms with Crippen LogP contribution in [0.25, 0.3) is 0 Å². The molecule has 0 aliphatic heterocycles. The molecule has 2 rings (SSSR count). The van der Waals surface area contributed by atoms with E-state index in [0.717, 1.165) is 4.68 Å². The fourth-order valence-electron chi connectivity index (χ4n) is 1.88. The Labute approximate surface area is 125 Å². The molecule has 0 aromatic carbocycles. The first kappa shape index (κ1) is 15.2. The molecule has 2 aromatic heterocycles. The summed E-state index contributed by atoms with van der Waals surface area (Å²) in [5.41, 5.74) is 3.71. The Morgan fingerprint density at radius 3 is 2.38 bits per heavy atom. The summed E-state index contributed by atoms with van der Waals surface area (Å²) >= 11 is 5.99. The lowest BCUT2D eigenvalue weighted by Crippen LogP contribution is -2.21. The molecule has 0 aliphatic carbocycles. The van der Waals surface area contributed by atoms with E-state index in [-0.39, 0.29) is 16.3 Å². The van der Waals surface area contributed by atoms with Crippen molar-refractivity contribution in [3.63, 3.8) is 0 Å². The third-order valence-corrected chi connectivity index (χ3v) is 3.37. The van der Waals surface area contributed by atoms with Crippen LogP contribution < -0.4 is 5.43 Å². The molecule has 0 atom stereocenters. The van der Waals surface area contributed by atoms with Gasteiger partial charge in [0.1, 0.15) is 5.69 Å². The van der Waals surface area contributed by atoms with E-state index in [1.807, 2.05) is 0 Å². The van der Waals surface area contributed by atoms with Crippen LogP contribution in [0.2, 0.25) is 5.02 Å². The van der Waals surface area contributed by atoms with Crippen LogP contribution in [0, 0.1) is 19.8 Å². The van der Waals surface area contributed by atoms with Crippen LogP contribution in [0.15, 0.2) is 5.10 Å². The number of amides is 1. The van der Waals surface area contributed by atoms with E-state index >= 15 is 0 Å². The zero-order valence-corrected chi connectivity index (χ0v) is 12.7. The maximum absolute atomic E-state index is 13.7. The van der Waals surface area contributed by atoms with Gasteiger partial charge < -0.3 is 0 Å². The molecule has 0 unspecified atom stereocenters. The molecule has 0 fully saturated rings. The number of hydrazone groups is 1. The summed E-state index contributed by atoms with van der Waals surface area (Å²) in [5.74, 6) is -1.05. The zero-order valence-electron chi connectivity index (χ0n) is 12.0. The van der Waals surface area contributed by atoms with Crippen LogP contribution in [0.5, 0.6) is 0 Å². The number of halogens is 2. The molecule has 7 nitrogen and oxygen atoms in total. The highest BCUT2D eigenvalue weighted by molar-refractivity contribution is 6.34. The minimum Gasteiger partial charge on any atom is -0.266 e. The van der Waals surface area contributed by atoms with Crippen molar-refractivity contribution >= 4 is 23.7 Å². The van der Waals surface area contributed by atoms with E-state index in [0.29, 0.717) is 11.4 Å². The smallest absolute Gasteiger partial charge is 0.266 e. The minimum absolute atomic E-state index is 0.190. The Bertz CT molecular complexity index is 733. The van der Waals surface area contributed by atoms with Gasteiger partial charge in [-0.05, 0) is 13.8 Å². The molecule has 0 aliphatic rings. The molecule has 0 radical (unpaired) electrons. The van der Waals surface area contributed by atoms with Gasteiger partial charge in [0.15, 0.2) is 0 Å². The number of hydrogen-bond donors (Lipinski definition) is 1. The number of rotatable bonds is 3. The lowest BCUT2D eigenvalue weighted by atomic mass is 10.3. The van der Waals surface area contributed by atoms with Crippen LogP contribution in [-0.4, -0.2) is 31.7 Å². The second-order valence-electron chi connectivity index (χ2n) is 4.48. The average Bonchev–Trinajstić information content (AvgIpc) is 2.79. The fourth-order valence-corrected chi connectivity index (χ4v) is 2.13. The number of hydrogen-bond acceptors (Lipinski definition) is 4. The first-order valence-corrected chi connectivity index (χ1v) is 6.42. The quantitative estimate of drug-likeness (QED) is 0.686. The molecule has 2 heterocycles. The van der Waals surface area contributed by atoms with Gasteiger partial charge in [0.05, 0.1) is 28.2 Å². The van der Waals surface area contributed by atoms with Gasteiger partial charge >= 0.3 is 0 Å². The Morgan fingerprint density at radius 1 is 1.29 bits per heavy atom. The topological polar surface area (TPSA) is 77.1 Å². The highest BCUT2D eigenvalue weighted by Crippen LogP contribution is 2.19. The number of aromatic nitrogens is 4. The van der Waals surface area contributed by atoms with Crippen molar-refractivity contribution in [2.24, 2.45) is 19.2 Å². The molecular weight excluding hydrogens is 299 g/mol. The van der Waals surface area contributed by atoms with Crippen molar-refractivity contribution in [2.75, 3.05) is 0 Å². The Hall–Kier alpha value is -2.22. The lowest BCUT2D eigenvalue weighted by Gasteiger charge is -2.00. The SMILES string of the molecule is Cc1nn(C)c(C(=O)N/N=C/c2c(C)nn(C)c2F)c1Cl. The summed E-state index contributed by atoms with van der Waals surface area (Å²) in [6.45, 7) is 3.34. The Kier molecular flexibility index (Phi) is 4.08. The van der Waals surface area contributed by atoms with Crippen molar-refractivity contribution in [1.82, 2.24) is 25.0 Å². The Balaban J connectivity index is 2.16. The lowest BCUT2D eigenvalue weighted by molar-refractivity contribution is 0.0946. The van der Waals surface area contributed by atoms with E-state index in [1.54, 1.807) is 20.9 Å². The summed E-state index contributed by atoms with van der Waals surface area (Å²) in [6.07, 6.45) is 1.20. The maximum atomic E-state index is 13.7. The van der Waals surface area contributed by atoms with Crippen LogP contribution in [0.1, 0.15) is 27.4 Å². The maximum Gasteiger partial charge on any atom is 0.291 e. The molecule has 0 bridgehead atoms. The summed E-state index contributed by atoms with van der Waals surface area (Å²) < 4.78 is 16.1. The Morgan fingerprint density at radius 2 is 1.90 bits per heavy atom. The minimum atomic E-state index is -0.528. The summed E-state index contributed by atoms with van der Waals surface area (Å²) in [7, 11) is 3.08. The molecule has 0 saturated heterocycles. The largest absolute Gasteiger partial charge is 0.291 e. The van der Waals surface area contributed by atoms with Crippen molar-refractivity contribution in [2.45, 2.75) is 13.8 Å². The van der Waals surface area contributed by atoms with Gasteiger partial charge in [0.2, 0.25) is 5.95 Å². The van der Waals surface area contributed by atoms with Crippen LogP contribution in [-0.2, 0) is 14.1 Å². The molecule has 1 amide bonds. The second-order valence-corrected chi connectivity index (χ2v) is 4.86. The van der Waals surface area contributed by atoms with Crippen molar-refractivity contribution in [3.8, 4) is 0 Å². The normalized spacial score (nSPS) is 11.3. The van der Waals surface area contributed by atoms with E-state index in [1.165, 1.54) is 17.9 Å². The van der Waals surface area contributed by atoms with Crippen LogP contribution in [0.4, 0.5) is 4.39 Å². The highest BCUT2D eigenvalue weighted by atomic mass is 35.5. The number of nitrogens with one attached hydrogen (secondary N) is 1. The molecule has 1 N–H and O–H groups in total. The van der Waals surface area contributed by atoms with Crippen molar-refractivity contribution in [1.29, 1.82) is 0 Å². The molecule has 112 valence electrons. The predicted molar refractivity (Wildman–Crippen MR) is 75.9 cm³/mol. The van der Waals surface area contributed by atoms with Crippen LogP contribution >= 0.6 is 11.6 Å². The number of nitrogens with zero attached hydrogens (tertiary/aromatic N) is 5. The standard InChI is InChI=1S/C12H14ClFN6O/c1-6-8(11(14)20(4)17-6)5-15-16-12(21)10-9(13)7(2)18-19(10)3/h5H,1-4H3,(H,16,21)/b15-5+. The second kappa shape index (κ2) is 5.65. The molecule has 0 saturated carbocycles. The third kappa shape index (κ3) is 2.80. The summed E-state index contributed by atoms with van der Waals surface area (Å²) in [4.78, 5) is 12.0. The molecule has 0 spiro atoms. The van der Waals surface area contributed by atoms with E-state index in [2.05, 4.69) is 20.7 Å². The number of carbonyl (C=O) groups excluding carboxylic acids is 1. The highest BCUT2D eigenvalue weighted by Gasteiger charge is 2.18. The number of aryl methyl sites for hydroxylation is 4. The van der Waals surface area contributed by atoms with E-state index < -0.39 is 11.9 Å². The van der Waals surface area contributed by atoms with Crippen LogP contribution in [0.3, 0.4) is 0 Å². The molecule has 2 aromatic rings. The monoisotopic (exact) mass is 312 g/mol. The molecule has 21 heavy (non-hydrogen) atoms. The van der Waals surface area contributed by atoms with Gasteiger partial charge in [-0.25, -0.2) is 10.1 Å². The van der Waals surface area contributed by atoms with E-state index in [9.17, 15) is 9.18 Å². The first-order valence-electron chi connectivity index (χ1n) is 6.04. The van der Waals surface area contributed by atoms with Gasteiger partial charge in [-0.15, -0.1) is 0 Å². The fraction of sp³-hybridized carbons (Fsp3) is 0.333. The predicted octanol–water partition coefficient (Wildman–Crippen LogP) is 1.33. The molecule has 9 heteroatoms. The van der Waals surface area contributed by atoms with Gasteiger partial charge in [0.25, 0.3) is 5.91 Å². The third-order valence-electron chi connectivity index (χ3n) is 2.92. The van der Waals surface area contributed by atoms with Gasteiger partial charge in [-0.2, -0.15) is 19.7 Å². The first-order chi connectivity index (χ1) is 9.82. The van der Waals surface area contributed by atoms with E-state index in [4.69, 9.17) is 11.6 Å². The van der Waals surface area contributed by atoms with Gasteiger partial charge in [-0.3, -0.25) is 9.48 Å². The summed E-state index contributed by atoms with van der Waals surface area (Å²) in [6, 6.07) is 0. The summed E-state index contributed by atoms with van der Waals surface area (Å²) in [5, 5.41) is 11.9. The average molecular weight is 313 g/mol. The number of carbonyl (C=O) groups is 1. The van der Waals surface area contributed by atoms with Crippen molar-refractivity contribution < 1.29 is 9.18 Å². The molecular formula is C12H14ClFN6O. The zero-order chi connectivity index (χ0) is 15.7. The van der Waals surface area contributed by atoms with Crippen molar-refractivity contribution in [3.05, 3.63) is 33.6 Å². The van der Waals surface area contributed by atoms with Gasteiger partial charge in [-0.1, -0.05) is 11.6 Å². The van der Waals surface area contributed by atoms with Gasteiger partial charge in [0, 0.05) is 14.1 Å².